The molecule has 0 aliphatic heterocycles. The van der Waals surface area contributed by atoms with Gasteiger partial charge in [-0.05, 0) is 12.8 Å². The monoisotopic (exact) mass is 368 g/mol. The molecule has 0 saturated heterocycles. The second-order valence-corrected chi connectivity index (χ2v) is 6.73. The van der Waals surface area contributed by atoms with Gasteiger partial charge in [-0.3, -0.25) is 0 Å². The van der Waals surface area contributed by atoms with Gasteiger partial charge in [-0.25, -0.2) is 4.98 Å². The summed E-state index contributed by atoms with van der Waals surface area (Å²) < 4.78 is 6.17. The van der Waals surface area contributed by atoms with Crippen LogP contribution in [0, 0.1) is 0 Å². The number of hydrogen-bond acceptors (Lipinski definition) is 3. The fourth-order valence-corrected chi connectivity index (χ4v) is 3.56. The van der Waals surface area contributed by atoms with Gasteiger partial charge in [-0.15, -0.1) is 12.4 Å². The summed E-state index contributed by atoms with van der Waals surface area (Å²) in [6, 6.07) is 21.1. The lowest BCUT2D eigenvalue weighted by Crippen LogP contribution is -2.30. The molecule has 3 aromatic rings. The molecule has 1 aliphatic carbocycles. The van der Waals surface area contributed by atoms with Crippen LogP contribution in [0.25, 0.3) is 22.6 Å². The third-order valence-electron chi connectivity index (χ3n) is 4.90. The van der Waals surface area contributed by atoms with Gasteiger partial charge in [0.25, 0.3) is 0 Å². The Bertz CT molecular complexity index is 739. The molecule has 0 spiro atoms. The van der Waals surface area contributed by atoms with Gasteiger partial charge in [-0.1, -0.05) is 79.9 Å². The molecule has 1 N–H and O–H groups in total. The van der Waals surface area contributed by atoms with Gasteiger partial charge < -0.3 is 9.73 Å². The molecule has 1 aromatic heterocycles. The quantitative estimate of drug-likeness (QED) is 0.613. The van der Waals surface area contributed by atoms with Crippen LogP contribution in [-0.4, -0.2) is 11.0 Å². The van der Waals surface area contributed by atoms with Crippen LogP contribution in [0.15, 0.2) is 65.1 Å². The van der Waals surface area contributed by atoms with Crippen LogP contribution in [0.5, 0.6) is 0 Å². The van der Waals surface area contributed by atoms with Crippen LogP contribution in [0.1, 0.15) is 38.0 Å². The molecule has 0 bridgehead atoms. The number of oxazole rings is 1. The number of nitrogens with zero attached hydrogens (tertiary/aromatic N) is 1. The Balaban J connectivity index is 0.00000196. The molecule has 0 radical (unpaired) electrons. The van der Waals surface area contributed by atoms with Crippen molar-refractivity contribution in [1.29, 1.82) is 0 Å². The van der Waals surface area contributed by atoms with Crippen LogP contribution >= 0.6 is 12.4 Å². The van der Waals surface area contributed by atoms with E-state index >= 15 is 0 Å². The summed E-state index contributed by atoms with van der Waals surface area (Å²) in [6.07, 6.45) is 6.55. The van der Waals surface area contributed by atoms with Gasteiger partial charge in [0.05, 0.1) is 6.54 Å². The van der Waals surface area contributed by atoms with Crippen molar-refractivity contribution in [2.45, 2.75) is 44.7 Å². The first-order valence-electron chi connectivity index (χ1n) is 9.24. The number of benzene rings is 2. The highest BCUT2D eigenvalue weighted by molar-refractivity contribution is 5.85. The average molecular weight is 369 g/mol. The van der Waals surface area contributed by atoms with Crippen LogP contribution in [0.3, 0.4) is 0 Å². The lowest BCUT2D eigenvalue weighted by molar-refractivity contribution is 0.354. The lowest BCUT2D eigenvalue weighted by atomic mass is 9.95. The van der Waals surface area contributed by atoms with Gasteiger partial charge in [-0.2, -0.15) is 0 Å². The molecule has 1 aliphatic rings. The fourth-order valence-electron chi connectivity index (χ4n) is 3.56. The molecule has 1 heterocycles. The minimum Gasteiger partial charge on any atom is -0.439 e. The van der Waals surface area contributed by atoms with Crippen molar-refractivity contribution in [3.8, 4) is 22.6 Å². The Kier molecular flexibility index (Phi) is 6.48. The molecular weight excluding hydrogens is 344 g/mol. The smallest absolute Gasteiger partial charge is 0.209 e. The maximum absolute atomic E-state index is 6.17. The van der Waals surface area contributed by atoms with Gasteiger partial charge in [0.2, 0.25) is 5.89 Å². The summed E-state index contributed by atoms with van der Waals surface area (Å²) in [5.74, 6) is 1.62. The van der Waals surface area contributed by atoms with E-state index in [0.29, 0.717) is 12.6 Å². The Labute approximate surface area is 161 Å². The van der Waals surface area contributed by atoms with Gasteiger partial charge in [0.15, 0.2) is 5.76 Å². The SMILES string of the molecule is Cl.c1ccc(-c2nc(CNC3CCCCC3)oc2-c2ccccc2)cc1. The first kappa shape index (κ1) is 18.7. The maximum atomic E-state index is 6.17. The van der Waals surface area contributed by atoms with E-state index in [2.05, 4.69) is 29.6 Å². The number of nitrogens with one attached hydrogen (secondary N) is 1. The number of halogens is 1. The molecule has 4 rings (SSSR count). The van der Waals surface area contributed by atoms with E-state index in [1.807, 2.05) is 36.4 Å². The number of hydrogen-bond donors (Lipinski definition) is 1. The number of aromatic nitrogens is 1. The zero-order chi connectivity index (χ0) is 16.9. The van der Waals surface area contributed by atoms with E-state index < -0.39 is 0 Å². The molecule has 2 aromatic carbocycles. The topological polar surface area (TPSA) is 38.1 Å². The summed E-state index contributed by atoms with van der Waals surface area (Å²) in [6.45, 7) is 0.692. The van der Waals surface area contributed by atoms with E-state index in [4.69, 9.17) is 9.40 Å². The standard InChI is InChI=1S/C22H24N2O.ClH/c1-4-10-17(11-5-1)21-22(18-12-6-2-7-13-18)25-20(24-21)16-23-19-14-8-3-9-15-19;/h1-2,4-7,10-13,19,23H,3,8-9,14-16H2;1H. The summed E-state index contributed by atoms with van der Waals surface area (Å²) >= 11 is 0. The van der Waals surface area contributed by atoms with E-state index in [1.54, 1.807) is 0 Å². The molecule has 0 amide bonds. The molecule has 4 heteroatoms. The maximum Gasteiger partial charge on any atom is 0.209 e. The Morgan fingerprint density at radius 1 is 0.846 bits per heavy atom. The summed E-state index contributed by atoms with van der Waals surface area (Å²) in [5, 5.41) is 3.63. The molecule has 0 atom stereocenters. The Morgan fingerprint density at radius 2 is 1.46 bits per heavy atom. The molecule has 136 valence electrons. The highest BCUT2D eigenvalue weighted by atomic mass is 35.5. The van der Waals surface area contributed by atoms with E-state index in [0.717, 1.165) is 28.5 Å². The summed E-state index contributed by atoms with van der Waals surface area (Å²) in [4.78, 5) is 4.81. The Hall–Kier alpha value is -2.10. The molecule has 0 unspecified atom stereocenters. The molecule has 26 heavy (non-hydrogen) atoms. The highest BCUT2D eigenvalue weighted by Gasteiger charge is 2.18. The van der Waals surface area contributed by atoms with Crippen molar-refractivity contribution in [2.24, 2.45) is 0 Å². The Morgan fingerprint density at radius 3 is 2.12 bits per heavy atom. The van der Waals surface area contributed by atoms with E-state index in [9.17, 15) is 0 Å². The predicted molar refractivity (Wildman–Crippen MR) is 108 cm³/mol. The van der Waals surface area contributed by atoms with Crippen LogP contribution in [0.2, 0.25) is 0 Å². The largest absolute Gasteiger partial charge is 0.439 e. The normalized spacial score (nSPS) is 14.8. The van der Waals surface area contributed by atoms with Gasteiger partial charge >= 0.3 is 0 Å². The lowest BCUT2D eigenvalue weighted by Gasteiger charge is -2.21. The van der Waals surface area contributed by atoms with Crippen molar-refractivity contribution in [1.82, 2.24) is 10.3 Å². The zero-order valence-corrected chi connectivity index (χ0v) is 15.7. The average Bonchev–Trinajstić information content (AvgIpc) is 3.13. The van der Waals surface area contributed by atoms with Crippen LogP contribution < -0.4 is 5.32 Å². The molecule has 1 fully saturated rings. The molecule has 3 nitrogen and oxygen atoms in total. The zero-order valence-electron chi connectivity index (χ0n) is 14.9. The number of rotatable bonds is 5. The highest BCUT2D eigenvalue weighted by Crippen LogP contribution is 2.32. The molecular formula is C22H25ClN2O. The fraction of sp³-hybridized carbons (Fsp3) is 0.318. The van der Waals surface area contributed by atoms with Crippen molar-refractivity contribution in [3.05, 3.63) is 66.6 Å². The van der Waals surface area contributed by atoms with Crippen molar-refractivity contribution >= 4 is 12.4 Å². The van der Waals surface area contributed by atoms with Crippen LogP contribution in [-0.2, 0) is 6.54 Å². The van der Waals surface area contributed by atoms with Gasteiger partial charge in [0.1, 0.15) is 5.69 Å². The predicted octanol–water partition coefficient (Wildman–Crippen LogP) is 5.85. The summed E-state index contributed by atoms with van der Waals surface area (Å²) in [5.41, 5.74) is 3.08. The van der Waals surface area contributed by atoms with Crippen molar-refractivity contribution in [3.63, 3.8) is 0 Å². The minimum absolute atomic E-state index is 0. The minimum atomic E-state index is 0. The second-order valence-electron chi connectivity index (χ2n) is 6.73. The van der Waals surface area contributed by atoms with Crippen LogP contribution in [0.4, 0.5) is 0 Å². The van der Waals surface area contributed by atoms with E-state index in [1.165, 1.54) is 32.1 Å². The second kappa shape index (κ2) is 9.02. The molecule has 1 saturated carbocycles. The van der Waals surface area contributed by atoms with Crippen molar-refractivity contribution < 1.29 is 4.42 Å². The first-order chi connectivity index (χ1) is 12.4. The third-order valence-corrected chi connectivity index (χ3v) is 4.90. The third kappa shape index (κ3) is 4.35. The summed E-state index contributed by atoms with van der Waals surface area (Å²) in [7, 11) is 0. The van der Waals surface area contributed by atoms with E-state index in [-0.39, 0.29) is 12.4 Å². The first-order valence-corrected chi connectivity index (χ1v) is 9.24. The van der Waals surface area contributed by atoms with Crippen molar-refractivity contribution in [2.75, 3.05) is 0 Å². The van der Waals surface area contributed by atoms with Gasteiger partial charge in [0, 0.05) is 17.2 Å².